The first kappa shape index (κ1) is 16.5. The summed E-state index contributed by atoms with van der Waals surface area (Å²) >= 11 is 0. The predicted molar refractivity (Wildman–Crippen MR) is 93.1 cm³/mol. The Labute approximate surface area is 142 Å². The first-order valence-electron chi connectivity index (χ1n) is 8.37. The molecule has 0 aromatic heterocycles. The molecule has 3 rings (SSSR count). The number of likely N-dealkylation sites (tertiary alicyclic amines) is 1. The van der Waals surface area contributed by atoms with Gasteiger partial charge in [0.25, 0.3) is 5.91 Å². The van der Waals surface area contributed by atoms with Gasteiger partial charge in [0.05, 0.1) is 13.2 Å². The van der Waals surface area contributed by atoms with Crippen molar-refractivity contribution in [3.8, 4) is 5.75 Å². The van der Waals surface area contributed by atoms with Crippen LogP contribution in [-0.2, 0) is 0 Å². The molecule has 2 aromatic rings. The molecule has 1 aliphatic rings. The molecule has 2 aromatic carbocycles. The molecule has 0 radical (unpaired) electrons. The van der Waals surface area contributed by atoms with Gasteiger partial charge in [-0.1, -0.05) is 36.4 Å². The lowest BCUT2D eigenvalue weighted by Gasteiger charge is -2.27. The molecule has 1 aliphatic heterocycles. The van der Waals surface area contributed by atoms with Crippen molar-refractivity contribution in [3.05, 3.63) is 65.7 Å². The molecule has 24 heavy (non-hydrogen) atoms. The Bertz CT molecular complexity index is 686. The minimum Gasteiger partial charge on any atom is -0.497 e. The zero-order valence-electron chi connectivity index (χ0n) is 13.9. The van der Waals surface area contributed by atoms with E-state index in [9.17, 15) is 9.90 Å². The van der Waals surface area contributed by atoms with E-state index in [0.717, 1.165) is 24.9 Å². The van der Waals surface area contributed by atoms with Gasteiger partial charge in [-0.3, -0.25) is 4.79 Å². The fraction of sp³-hybridized carbons (Fsp3) is 0.350. The SMILES string of the molecule is COc1cccc(C(=O)N2CCC[C@H]2C[C@H](O)c2ccccc2)c1. The number of rotatable bonds is 5. The van der Waals surface area contributed by atoms with E-state index in [0.29, 0.717) is 17.7 Å². The molecular weight excluding hydrogens is 302 g/mol. The quantitative estimate of drug-likeness (QED) is 0.916. The monoisotopic (exact) mass is 325 g/mol. The number of ether oxygens (including phenoxy) is 1. The normalized spacial score (nSPS) is 18.4. The van der Waals surface area contributed by atoms with E-state index in [1.165, 1.54) is 0 Å². The summed E-state index contributed by atoms with van der Waals surface area (Å²) in [6.07, 6.45) is 1.93. The highest BCUT2D eigenvalue weighted by Crippen LogP contribution is 2.29. The number of hydrogen-bond acceptors (Lipinski definition) is 3. The van der Waals surface area contributed by atoms with Gasteiger partial charge < -0.3 is 14.7 Å². The minimum atomic E-state index is -0.546. The van der Waals surface area contributed by atoms with Gasteiger partial charge in [0, 0.05) is 18.2 Å². The van der Waals surface area contributed by atoms with Crippen molar-refractivity contribution in [1.29, 1.82) is 0 Å². The van der Waals surface area contributed by atoms with Crippen LogP contribution in [0.1, 0.15) is 41.3 Å². The molecule has 4 nitrogen and oxygen atoms in total. The average Bonchev–Trinajstić information content (AvgIpc) is 3.10. The van der Waals surface area contributed by atoms with Gasteiger partial charge in [0.1, 0.15) is 5.75 Å². The highest BCUT2D eigenvalue weighted by molar-refractivity contribution is 5.95. The number of nitrogens with zero attached hydrogens (tertiary/aromatic N) is 1. The van der Waals surface area contributed by atoms with E-state index in [1.54, 1.807) is 13.2 Å². The Morgan fingerprint density at radius 3 is 2.79 bits per heavy atom. The number of aliphatic hydroxyl groups excluding tert-OH is 1. The molecule has 1 amide bonds. The van der Waals surface area contributed by atoms with Crippen molar-refractivity contribution in [2.24, 2.45) is 0 Å². The van der Waals surface area contributed by atoms with Gasteiger partial charge in [-0.05, 0) is 43.0 Å². The maximum absolute atomic E-state index is 12.8. The summed E-state index contributed by atoms with van der Waals surface area (Å²) in [7, 11) is 1.60. The summed E-state index contributed by atoms with van der Waals surface area (Å²) in [6.45, 7) is 0.738. The van der Waals surface area contributed by atoms with Crippen molar-refractivity contribution >= 4 is 5.91 Å². The number of methoxy groups -OCH3 is 1. The Kier molecular flexibility index (Phi) is 5.16. The Hall–Kier alpha value is -2.33. The third kappa shape index (κ3) is 3.60. The van der Waals surface area contributed by atoms with Crippen LogP contribution in [0.3, 0.4) is 0 Å². The average molecular weight is 325 g/mol. The summed E-state index contributed by atoms with van der Waals surface area (Å²) < 4.78 is 5.21. The molecule has 0 saturated carbocycles. The second kappa shape index (κ2) is 7.49. The Morgan fingerprint density at radius 2 is 2.04 bits per heavy atom. The van der Waals surface area contributed by atoms with Gasteiger partial charge >= 0.3 is 0 Å². The summed E-state index contributed by atoms with van der Waals surface area (Å²) in [5, 5.41) is 10.5. The van der Waals surface area contributed by atoms with E-state index in [-0.39, 0.29) is 11.9 Å². The fourth-order valence-corrected chi connectivity index (χ4v) is 3.34. The smallest absolute Gasteiger partial charge is 0.254 e. The lowest BCUT2D eigenvalue weighted by Crippen LogP contribution is -2.36. The maximum atomic E-state index is 12.8. The fourth-order valence-electron chi connectivity index (χ4n) is 3.34. The first-order chi connectivity index (χ1) is 11.7. The van der Waals surface area contributed by atoms with Crippen molar-refractivity contribution in [2.45, 2.75) is 31.4 Å². The van der Waals surface area contributed by atoms with Gasteiger partial charge in [0.2, 0.25) is 0 Å². The van der Waals surface area contributed by atoms with Crippen LogP contribution in [0.15, 0.2) is 54.6 Å². The van der Waals surface area contributed by atoms with Gasteiger partial charge in [-0.15, -0.1) is 0 Å². The summed E-state index contributed by atoms with van der Waals surface area (Å²) in [6, 6.07) is 16.9. The largest absolute Gasteiger partial charge is 0.497 e. The van der Waals surface area contributed by atoms with Crippen LogP contribution in [0.4, 0.5) is 0 Å². The molecule has 0 aliphatic carbocycles. The lowest BCUT2D eigenvalue weighted by atomic mass is 10.00. The van der Waals surface area contributed by atoms with Crippen LogP contribution in [-0.4, -0.2) is 35.6 Å². The van der Waals surface area contributed by atoms with Crippen LogP contribution < -0.4 is 4.74 Å². The molecule has 0 unspecified atom stereocenters. The standard InChI is InChI=1S/C20H23NO3/c1-24-18-11-5-9-16(13-18)20(23)21-12-6-10-17(21)14-19(22)15-7-3-2-4-8-15/h2-5,7-9,11,13,17,19,22H,6,10,12,14H2,1H3/t17-,19-/m0/s1. The zero-order chi connectivity index (χ0) is 16.9. The highest BCUT2D eigenvalue weighted by atomic mass is 16.5. The third-order valence-electron chi connectivity index (χ3n) is 4.63. The number of hydrogen-bond donors (Lipinski definition) is 1. The van der Waals surface area contributed by atoms with Crippen LogP contribution in [0.25, 0.3) is 0 Å². The second-order valence-corrected chi connectivity index (χ2v) is 6.19. The Balaban J connectivity index is 1.71. The van der Waals surface area contributed by atoms with E-state index in [2.05, 4.69) is 0 Å². The molecule has 1 fully saturated rings. The van der Waals surface area contributed by atoms with Crippen LogP contribution in [0.2, 0.25) is 0 Å². The maximum Gasteiger partial charge on any atom is 0.254 e. The van der Waals surface area contributed by atoms with Crippen molar-refractivity contribution in [2.75, 3.05) is 13.7 Å². The molecule has 0 bridgehead atoms. The molecule has 126 valence electrons. The second-order valence-electron chi connectivity index (χ2n) is 6.19. The van der Waals surface area contributed by atoms with Gasteiger partial charge in [-0.25, -0.2) is 0 Å². The first-order valence-corrected chi connectivity index (χ1v) is 8.37. The predicted octanol–water partition coefficient (Wildman–Crippen LogP) is 3.42. The number of aliphatic hydroxyl groups is 1. The van der Waals surface area contributed by atoms with E-state index in [1.807, 2.05) is 53.4 Å². The zero-order valence-corrected chi connectivity index (χ0v) is 13.9. The molecule has 1 heterocycles. The van der Waals surface area contributed by atoms with E-state index < -0.39 is 6.10 Å². The summed E-state index contributed by atoms with van der Waals surface area (Å²) in [5.41, 5.74) is 1.54. The van der Waals surface area contributed by atoms with Crippen LogP contribution in [0, 0.1) is 0 Å². The Morgan fingerprint density at radius 1 is 1.25 bits per heavy atom. The minimum absolute atomic E-state index is 0.0108. The summed E-state index contributed by atoms with van der Waals surface area (Å²) in [5.74, 6) is 0.692. The summed E-state index contributed by atoms with van der Waals surface area (Å²) in [4.78, 5) is 14.7. The molecule has 1 N–H and O–H groups in total. The van der Waals surface area contributed by atoms with Crippen LogP contribution >= 0.6 is 0 Å². The molecule has 1 saturated heterocycles. The number of carbonyl (C=O) groups excluding carboxylic acids is 1. The molecular formula is C20H23NO3. The van der Waals surface area contributed by atoms with Gasteiger partial charge in [0.15, 0.2) is 0 Å². The highest BCUT2D eigenvalue weighted by Gasteiger charge is 2.31. The topological polar surface area (TPSA) is 49.8 Å². The van der Waals surface area contributed by atoms with E-state index >= 15 is 0 Å². The van der Waals surface area contributed by atoms with Crippen molar-refractivity contribution in [1.82, 2.24) is 4.90 Å². The van der Waals surface area contributed by atoms with Crippen molar-refractivity contribution in [3.63, 3.8) is 0 Å². The van der Waals surface area contributed by atoms with Crippen LogP contribution in [0.5, 0.6) is 5.75 Å². The third-order valence-corrected chi connectivity index (χ3v) is 4.63. The number of carbonyl (C=O) groups is 1. The molecule has 0 spiro atoms. The molecule has 4 heteroatoms. The van der Waals surface area contributed by atoms with E-state index in [4.69, 9.17) is 4.74 Å². The van der Waals surface area contributed by atoms with Crippen molar-refractivity contribution < 1.29 is 14.6 Å². The molecule has 2 atom stereocenters. The van der Waals surface area contributed by atoms with Gasteiger partial charge in [-0.2, -0.15) is 0 Å². The number of amides is 1. The number of benzene rings is 2. The lowest BCUT2D eigenvalue weighted by molar-refractivity contribution is 0.0666.